The van der Waals surface area contributed by atoms with E-state index in [-0.39, 0.29) is 18.0 Å². The number of hydrogen-bond acceptors (Lipinski definition) is 6. The van der Waals surface area contributed by atoms with Crippen LogP contribution in [0.5, 0.6) is 11.5 Å². The summed E-state index contributed by atoms with van der Waals surface area (Å²) in [6.45, 7) is 7.37. The Morgan fingerprint density at radius 2 is 1.89 bits per heavy atom. The molecule has 3 aromatic rings. The molecule has 1 aliphatic carbocycles. The van der Waals surface area contributed by atoms with Gasteiger partial charge in [0, 0.05) is 34.5 Å². The monoisotopic (exact) mass is 517 g/mol. The second-order valence-corrected chi connectivity index (χ2v) is 10.6. The molecule has 0 aliphatic heterocycles. The molecule has 1 aliphatic rings. The Bertz CT molecular complexity index is 1360. The molecule has 0 unspecified atom stereocenters. The van der Waals surface area contributed by atoms with Crippen LogP contribution in [0.25, 0.3) is 11.0 Å². The SMILES string of the molecule is CC(C)=CCc1cc(C(=O)Cc2cc3ccc(OCCCNC4CCCCC4)c(C)c3oc2=O)ccc1O. The molecule has 1 fully saturated rings. The minimum atomic E-state index is -0.522. The van der Waals surface area contributed by atoms with E-state index in [1.807, 2.05) is 39.0 Å². The van der Waals surface area contributed by atoms with Gasteiger partial charge in [0.2, 0.25) is 0 Å². The fourth-order valence-corrected chi connectivity index (χ4v) is 5.01. The summed E-state index contributed by atoms with van der Waals surface area (Å²) in [7, 11) is 0. The van der Waals surface area contributed by atoms with Crippen molar-refractivity contribution in [3.63, 3.8) is 0 Å². The van der Waals surface area contributed by atoms with Crippen LogP contribution in [0, 0.1) is 6.92 Å². The zero-order valence-electron chi connectivity index (χ0n) is 22.8. The molecule has 0 radical (unpaired) electrons. The number of Topliss-reactive ketones (excluding diaryl/α,β-unsaturated/α-hetero) is 1. The molecular weight excluding hydrogens is 478 g/mol. The van der Waals surface area contributed by atoms with Gasteiger partial charge in [0.15, 0.2) is 5.78 Å². The highest BCUT2D eigenvalue weighted by Crippen LogP contribution is 2.28. The van der Waals surface area contributed by atoms with Crippen molar-refractivity contribution in [1.82, 2.24) is 5.32 Å². The van der Waals surface area contributed by atoms with Crippen molar-refractivity contribution in [2.45, 2.75) is 78.2 Å². The number of phenolic OH excluding ortho intramolecular Hbond substituents is 1. The van der Waals surface area contributed by atoms with E-state index in [1.165, 1.54) is 38.2 Å². The number of allylic oxidation sites excluding steroid dienone is 2. The smallest absolute Gasteiger partial charge is 0.339 e. The molecule has 6 heteroatoms. The van der Waals surface area contributed by atoms with Crippen LogP contribution in [-0.4, -0.2) is 30.1 Å². The maximum Gasteiger partial charge on any atom is 0.339 e. The van der Waals surface area contributed by atoms with Gasteiger partial charge in [-0.2, -0.15) is 0 Å². The van der Waals surface area contributed by atoms with Crippen LogP contribution in [0.4, 0.5) is 0 Å². The third-order valence-corrected chi connectivity index (χ3v) is 7.27. The summed E-state index contributed by atoms with van der Waals surface area (Å²) in [5.74, 6) is 0.655. The summed E-state index contributed by atoms with van der Waals surface area (Å²) >= 11 is 0. The van der Waals surface area contributed by atoms with E-state index in [4.69, 9.17) is 9.15 Å². The molecule has 2 N–H and O–H groups in total. The molecule has 2 aromatic carbocycles. The van der Waals surface area contributed by atoms with E-state index in [1.54, 1.807) is 18.2 Å². The lowest BCUT2D eigenvalue weighted by molar-refractivity contribution is 0.0992. The minimum absolute atomic E-state index is 0.0730. The third-order valence-electron chi connectivity index (χ3n) is 7.27. The molecule has 38 heavy (non-hydrogen) atoms. The van der Waals surface area contributed by atoms with E-state index in [2.05, 4.69) is 5.32 Å². The predicted molar refractivity (Wildman–Crippen MR) is 151 cm³/mol. The van der Waals surface area contributed by atoms with Crippen LogP contribution in [0.2, 0.25) is 0 Å². The van der Waals surface area contributed by atoms with Gasteiger partial charge in [-0.3, -0.25) is 4.79 Å². The fourth-order valence-electron chi connectivity index (χ4n) is 5.01. The highest BCUT2D eigenvalue weighted by atomic mass is 16.5. The Hall–Kier alpha value is -3.38. The molecule has 202 valence electrons. The largest absolute Gasteiger partial charge is 0.508 e. The normalized spacial score (nSPS) is 14.0. The van der Waals surface area contributed by atoms with Crippen LogP contribution < -0.4 is 15.7 Å². The second kappa shape index (κ2) is 12.9. The molecule has 4 rings (SSSR count). The van der Waals surface area contributed by atoms with E-state index < -0.39 is 5.63 Å². The number of aromatic hydroxyl groups is 1. The molecule has 1 saturated carbocycles. The van der Waals surface area contributed by atoms with Crippen molar-refractivity contribution in [1.29, 1.82) is 0 Å². The number of carbonyl (C=O) groups is 1. The number of benzene rings is 2. The summed E-state index contributed by atoms with van der Waals surface area (Å²) in [4.78, 5) is 25.8. The minimum Gasteiger partial charge on any atom is -0.508 e. The average Bonchev–Trinajstić information content (AvgIpc) is 2.90. The van der Waals surface area contributed by atoms with Crippen molar-refractivity contribution in [2.24, 2.45) is 0 Å². The molecule has 0 bridgehead atoms. The van der Waals surface area contributed by atoms with Crippen molar-refractivity contribution < 1.29 is 19.1 Å². The number of fused-ring (bicyclic) bond motifs is 1. The lowest BCUT2D eigenvalue weighted by Gasteiger charge is -2.22. The lowest BCUT2D eigenvalue weighted by atomic mass is 9.95. The number of phenols is 1. The number of aryl methyl sites for hydroxylation is 1. The van der Waals surface area contributed by atoms with Crippen LogP contribution in [0.1, 0.15) is 79.4 Å². The summed E-state index contributed by atoms with van der Waals surface area (Å²) in [5.41, 5.74) is 3.31. The van der Waals surface area contributed by atoms with Gasteiger partial charge in [0.1, 0.15) is 17.1 Å². The predicted octanol–water partition coefficient (Wildman–Crippen LogP) is 6.43. The summed E-state index contributed by atoms with van der Waals surface area (Å²) in [5, 5.41) is 14.5. The first kappa shape index (κ1) is 27.6. The van der Waals surface area contributed by atoms with Gasteiger partial charge in [0.05, 0.1) is 6.61 Å². The van der Waals surface area contributed by atoms with Gasteiger partial charge in [-0.15, -0.1) is 0 Å². The zero-order chi connectivity index (χ0) is 27.1. The second-order valence-electron chi connectivity index (χ2n) is 10.6. The van der Waals surface area contributed by atoms with E-state index in [0.29, 0.717) is 47.1 Å². The first-order chi connectivity index (χ1) is 18.3. The number of rotatable bonds is 11. The fraction of sp³-hybridized carbons (Fsp3) is 0.438. The third kappa shape index (κ3) is 7.13. The lowest BCUT2D eigenvalue weighted by Crippen LogP contribution is -2.32. The summed E-state index contributed by atoms with van der Waals surface area (Å²) in [6.07, 6.45) is 9.90. The van der Waals surface area contributed by atoms with E-state index in [0.717, 1.165) is 29.5 Å². The van der Waals surface area contributed by atoms with Crippen LogP contribution >= 0.6 is 0 Å². The average molecular weight is 518 g/mol. The van der Waals surface area contributed by atoms with Gasteiger partial charge in [-0.1, -0.05) is 30.9 Å². The van der Waals surface area contributed by atoms with Gasteiger partial charge in [-0.25, -0.2) is 4.79 Å². The van der Waals surface area contributed by atoms with Gasteiger partial charge < -0.3 is 19.6 Å². The molecule has 0 saturated heterocycles. The molecule has 0 atom stereocenters. The number of nitrogens with one attached hydrogen (secondary N) is 1. The Morgan fingerprint density at radius 1 is 1.11 bits per heavy atom. The van der Waals surface area contributed by atoms with Gasteiger partial charge >= 0.3 is 5.63 Å². The van der Waals surface area contributed by atoms with Gasteiger partial charge in [-0.05, 0) is 95.0 Å². The number of carbonyl (C=O) groups excluding carboxylic acids is 1. The molecule has 0 spiro atoms. The Morgan fingerprint density at radius 3 is 2.66 bits per heavy atom. The summed E-state index contributed by atoms with van der Waals surface area (Å²) < 4.78 is 11.7. The quantitative estimate of drug-likeness (QED) is 0.132. The molecule has 0 amide bonds. The van der Waals surface area contributed by atoms with Crippen molar-refractivity contribution >= 4 is 16.8 Å². The first-order valence-corrected chi connectivity index (χ1v) is 13.7. The number of ketones is 1. The Labute approximate surface area is 224 Å². The topological polar surface area (TPSA) is 88.8 Å². The summed E-state index contributed by atoms with van der Waals surface area (Å²) in [6, 6.07) is 10.9. The number of hydrogen-bond donors (Lipinski definition) is 2. The molecule has 1 heterocycles. The highest BCUT2D eigenvalue weighted by molar-refractivity contribution is 5.98. The molecule has 6 nitrogen and oxygen atoms in total. The molecule has 1 aromatic heterocycles. The van der Waals surface area contributed by atoms with E-state index in [9.17, 15) is 14.7 Å². The van der Waals surface area contributed by atoms with Gasteiger partial charge in [0.25, 0.3) is 0 Å². The van der Waals surface area contributed by atoms with Crippen LogP contribution in [0.3, 0.4) is 0 Å². The van der Waals surface area contributed by atoms with Crippen molar-refractivity contribution in [3.05, 3.63) is 80.7 Å². The van der Waals surface area contributed by atoms with Crippen molar-refractivity contribution in [3.8, 4) is 11.5 Å². The van der Waals surface area contributed by atoms with Crippen LogP contribution in [-0.2, 0) is 12.8 Å². The highest BCUT2D eigenvalue weighted by Gasteiger charge is 2.16. The Kier molecular flexibility index (Phi) is 9.40. The Balaban J connectivity index is 1.40. The zero-order valence-corrected chi connectivity index (χ0v) is 22.8. The number of ether oxygens (including phenoxy) is 1. The van der Waals surface area contributed by atoms with Crippen molar-refractivity contribution in [2.75, 3.05) is 13.2 Å². The molecular formula is C32H39NO5. The maximum absolute atomic E-state index is 13.0. The maximum atomic E-state index is 13.0. The van der Waals surface area contributed by atoms with E-state index >= 15 is 0 Å². The standard InChI is InChI=1S/C32H39NO5/c1-21(2)10-11-23-18-24(12-14-28(23)34)29(35)20-26-19-25-13-15-30(22(3)31(25)38-32(26)36)37-17-7-16-33-27-8-5-4-6-9-27/h10,12-15,18-19,27,33-34H,4-9,11,16-17,20H2,1-3H3. The first-order valence-electron chi connectivity index (χ1n) is 13.7. The van der Waals surface area contributed by atoms with Crippen LogP contribution in [0.15, 0.2) is 57.3 Å².